The molecule has 0 saturated carbocycles. The minimum Gasteiger partial charge on any atom is -0.343 e. The highest BCUT2D eigenvalue weighted by Crippen LogP contribution is 2.12. The first-order valence-corrected chi connectivity index (χ1v) is 6.55. The van der Waals surface area contributed by atoms with Gasteiger partial charge in [0.1, 0.15) is 0 Å². The Morgan fingerprint density at radius 3 is 2.83 bits per heavy atom. The van der Waals surface area contributed by atoms with E-state index >= 15 is 0 Å². The Morgan fingerprint density at radius 1 is 1.50 bits per heavy atom. The van der Waals surface area contributed by atoms with E-state index in [0.29, 0.717) is 6.04 Å². The Bertz CT molecular complexity index is 411. The molecule has 1 fully saturated rings. The molecule has 1 saturated heterocycles. The molecular weight excluding hydrogens is 226 g/mol. The first-order valence-electron chi connectivity index (χ1n) is 6.55. The molecule has 1 aliphatic heterocycles. The zero-order valence-electron chi connectivity index (χ0n) is 11.1. The highest BCUT2D eigenvalue weighted by atomic mass is 16.2. The number of nitrogens with one attached hydrogen (secondary N) is 1. The lowest BCUT2D eigenvalue weighted by Crippen LogP contribution is -2.44. The minimum absolute atomic E-state index is 0.191. The third-order valence-electron chi connectivity index (χ3n) is 3.67. The molecular formula is C14H21N3O. The highest BCUT2D eigenvalue weighted by molar-refractivity contribution is 5.73. The van der Waals surface area contributed by atoms with E-state index in [-0.39, 0.29) is 5.91 Å². The molecule has 98 valence electrons. The Balaban J connectivity index is 1.79. The van der Waals surface area contributed by atoms with Crippen molar-refractivity contribution in [2.45, 2.75) is 39.3 Å². The van der Waals surface area contributed by atoms with Gasteiger partial charge in [-0.2, -0.15) is 0 Å². The van der Waals surface area contributed by atoms with E-state index in [0.717, 1.165) is 32.5 Å². The summed E-state index contributed by atoms with van der Waals surface area (Å²) in [6, 6.07) is 2.55. The van der Waals surface area contributed by atoms with E-state index in [1.165, 1.54) is 11.1 Å². The van der Waals surface area contributed by atoms with Gasteiger partial charge in [0.25, 0.3) is 0 Å². The van der Waals surface area contributed by atoms with Gasteiger partial charge < -0.3 is 10.2 Å². The van der Waals surface area contributed by atoms with E-state index in [1.807, 2.05) is 23.4 Å². The van der Waals surface area contributed by atoms with Crippen molar-refractivity contribution in [1.29, 1.82) is 0 Å². The minimum atomic E-state index is 0.191. The molecule has 1 N–H and O–H groups in total. The van der Waals surface area contributed by atoms with Crippen LogP contribution >= 0.6 is 0 Å². The monoisotopic (exact) mass is 247 g/mol. The number of hydrogen-bond acceptors (Lipinski definition) is 3. The maximum atomic E-state index is 11.2. The van der Waals surface area contributed by atoms with Crippen molar-refractivity contribution in [1.82, 2.24) is 15.2 Å². The number of likely N-dealkylation sites (tertiary alicyclic amines) is 1. The summed E-state index contributed by atoms with van der Waals surface area (Å²) in [5.74, 6) is 0.191. The molecule has 1 aromatic rings. The molecule has 2 rings (SSSR count). The lowest BCUT2D eigenvalue weighted by Gasteiger charge is -2.31. The standard InChI is InChI=1S/C14H21N3O/c1-11-3-6-15-9-13(11)10-16-14-4-7-17(8-5-14)12(2)18/h3,6,9,14,16H,4-5,7-8,10H2,1-2H3. The van der Waals surface area contributed by atoms with E-state index in [2.05, 4.69) is 17.2 Å². The number of aryl methyl sites for hydroxylation is 1. The van der Waals surface area contributed by atoms with Crippen LogP contribution in [0.4, 0.5) is 0 Å². The number of aromatic nitrogens is 1. The van der Waals surface area contributed by atoms with E-state index in [9.17, 15) is 4.79 Å². The average Bonchev–Trinajstić information content (AvgIpc) is 2.38. The number of nitrogens with zero attached hydrogens (tertiary/aromatic N) is 2. The second kappa shape index (κ2) is 5.96. The summed E-state index contributed by atoms with van der Waals surface area (Å²) in [7, 11) is 0. The van der Waals surface area contributed by atoms with Crippen LogP contribution in [0.2, 0.25) is 0 Å². The molecule has 0 radical (unpaired) electrons. The molecule has 0 spiro atoms. The molecule has 4 heteroatoms. The van der Waals surface area contributed by atoms with Crippen LogP contribution in [0.15, 0.2) is 18.5 Å². The predicted octanol–water partition coefficient (Wildman–Crippen LogP) is 1.49. The normalized spacial score (nSPS) is 16.9. The number of carbonyl (C=O) groups excluding carboxylic acids is 1. The van der Waals surface area contributed by atoms with E-state index < -0.39 is 0 Å². The number of piperidine rings is 1. The van der Waals surface area contributed by atoms with Gasteiger partial charge >= 0.3 is 0 Å². The molecule has 0 atom stereocenters. The fourth-order valence-electron chi connectivity index (χ4n) is 2.33. The van der Waals surface area contributed by atoms with Crippen LogP contribution in [0.25, 0.3) is 0 Å². The number of amides is 1. The summed E-state index contributed by atoms with van der Waals surface area (Å²) < 4.78 is 0. The second-order valence-corrected chi connectivity index (χ2v) is 4.96. The van der Waals surface area contributed by atoms with Gasteiger partial charge in [-0.15, -0.1) is 0 Å². The van der Waals surface area contributed by atoms with Crippen LogP contribution < -0.4 is 5.32 Å². The summed E-state index contributed by atoms with van der Waals surface area (Å²) in [6.45, 7) is 6.37. The van der Waals surface area contributed by atoms with Crippen LogP contribution in [-0.2, 0) is 11.3 Å². The molecule has 1 aromatic heterocycles. The number of pyridine rings is 1. The maximum absolute atomic E-state index is 11.2. The molecule has 0 aromatic carbocycles. The van der Waals surface area contributed by atoms with Crippen molar-refractivity contribution in [2.24, 2.45) is 0 Å². The molecule has 1 aliphatic rings. The number of hydrogen-bond donors (Lipinski definition) is 1. The van der Waals surface area contributed by atoms with Crippen molar-refractivity contribution >= 4 is 5.91 Å². The third kappa shape index (κ3) is 3.29. The largest absolute Gasteiger partial charge is 0.343 e. The van der Waals surface area contributed by atoms with Crippen LogP contribution in [0.3, 0.4) is 0 Å². The fourth-order valence-corrected chi connectivity index (χ4v) is 2.33. The van der Waals surface area contributed by atoms with Gasteiger partial charge in [-0.05, 0) is 37.0 Å². The van der Waals surface area contributed by atoms with Gasteiger partial charge in [-0.3, -0.25) is 9.78 Å². The Hall–Kier alpha value is -1.42. The van der Waals surface area contributed by atoms with Crippen molar-refractivity contribution < 1.29 is 4.79 Å². The van der Waals surface area contributed by atoms with Crippen LogP contribution in [0.5, 0.6) is 0 Å². The third-order valence-corrected chi connectivity index (χ3v) is 3.67. The maximum Gasteiger partial charge on any atom is 0.219 e. The summed E-state index contributed by atoms with van der Waals surface area (Å²) >= 11 is 0. The topological polar surface area (TPSA) is 45.2 Å². The molecule has 1 amide bonds. The molecule has 0 unspecified atom stereocenters. The van der Waals surface area contributed by atoms with Crippen molar-refractivity contribution in [3.05, 3.63) is 29.6 Å². The molecule has 0 bridgehead atoms. The highest BCUT2D eigenvalue weighted by Gasteiger charge is 2.20. The summed E-state index contributed by atoms with van der Waals surface area (Å²) in [4.78, 5) is 17.3. The van der Waals surface area contributed by atoms with Gasteiger partial charge in [0, 0.05) is 45.0 Å². The zero-order valence-corrected chi connectivity index (χ0v) is 11.1. The fraction of sp³-hybridized carbons (Fsp3) is 0.571. The van der Waals surface area contributed by atoms with Crippen LogP contribution in [0.1, 0.15) is 30.9 Å². The summed E-state index contributed by atoms with van der Waals surface area (Å²) in [5.41, 5.74) is 2.53. The lowest BCUT2D eigenvalue weighted by molar-refractivity contribution is -0.129. The second-order valence-electron chi connectivity index (χ2n) is 4.96. The van der Waals surface area contributed by atoms with E-state index in [1.54, 1.807) is 6.92 Å². The van der Waals surface area contributed by atoms with Gasteiger partial charge in [0.2, 0.25) is 5.91 Å². The predicted molar refractivity (Wildman–Crippen MR) is 71.1 cm³/mol. The molecule has 2 heterocycles. The Labute approximate surface area is 108 Å². The Kier molecular flexibility index (Phi) is 4.31. The first-order chi connectivity index (χ1) is 8.66. The van der Waals surface area contributed by atoms with Gasteiger partial charge in [-0.1, -0.05) is 0 Å². The summed E-state index contributed by atoms with van der Waals surface area (Å²) in [6.07, 6.45) is 5.83. The van der Waals surface area contributed by atoms with Gasteiger partial charge in [-0.25, -0.2) is 0 Å². The van der Waals surface area contributed by atoms with Crippen LogP contribution in [-0.4, -0.2) is 34.9 Å². The smallest absolute Gasteiger partial charge is 0.219 e. The van der Waals surface area contributed by atoms with Crippen molar-refractivity contribution in [2.75, 3.05) is 13.1 Å². The van der Waals surface area contributed by atoms with Crippen molar-refractivity contribution in [3.8, 4) is 0 Å². The molecule has 0 aliphatic carbocycles. The van der Waals surface area contributed by atoms with E-state index in [4.69, 9.17) is 0 Å². The van der Waals surface area contributed by atoms with Crippen molar-refractivity contribution in [3.63, 3.8) is 0 Å². The average molecular weight is 247 g/mol. The molecule has 4 nitrogen and oxygen atoms in total. The quantitative estimate of drug-likeness (QED) is 0.880. The zero-order chi connectivity index (χ0) is 13.0. The SMILES string of the molecule is CC(=O)N1CCC(NCc2cnccc2C)CC1. The van der Waals surface area contributed by atoms with Gasteiger partial charge in [0.15, 0.2) is 0 Å². The summed E-state index contributed by atoms with van der Waals surface area (Å²) in [5, 5.41) is 3.56. The molecule has 18 heavy (non-hydrogen) atoms. The first kappa shape index (κ1) is 13.0. The number of carbonyl (C=O) groups is 1. The lowest BCUT2D eigenvalue weighted by atomic mass is 10.0. The van der Waals surface area contributed by atoms with Crippen LogP contribution in [0, 0.1) is 6.92 Å². The Morgan fingerprint density at radius 2 is 2.22 bits per heavy atom. The van der Waals surface area contributed by atoms with Gasteiger partial charge in [0.05, 0.1) is 0 Å². The number of rotatable bonds is 3.